The van der Waals surface area contributed by atoms with E-state index in [4.69, 9.17) is 10.4 Å². The van der Waals surface area contributed by atoms with Crippen LogP contribution in [0.1, 0.15) is 27.0 Å². The van der Waals surface area contributed by atoms with Crippen LogP contribution >= 0.6 is 0 Å². The van der Waals surface area contributed by atoms with Gasteiger partial charge in [-0.15, -0.1) is 0 Å². The van der Waals surface area contributed by atoms with Crippen LogP contribution in [-0.4, -0.2) is 17.4 Å². The number of hydrogen-bond donors (Lipinski definition) is 1. The summed E-state index contributed by atoms with van der Waals surface area (Å²) in [6.07, 6.45) is 0.360. The molecule has 0 unspecified atom stereocenters. The van der Waals surface area contributed by atoms with Gasteiger partial charge in [-0.25, -0.2) is 0 Å². The monoisotopic (exact) mass is 203 g/mol. The quantitative estimate of drug-likeness (QED) is 0.751. The van der Waals surface area contributed by atoms with Gasteiger partial charge in [0.05, 0.1) is 18.1 Å². The third kappa shape index (κ3) is 2.41. The molecule has 1 aromatic rings. The standard InChI is InChI=1S/C11H9NO3/c1-7-2-8(4-11(14)15)10(6-13)3-9(7)5-12/h2-3,6H,4H2,1H3,(H,14,15). The second-order valence-electron chi connectivity index (χ2n) is 3.17. The smallest absolute Gasteiger partial charge is 0.307 e. The van der Waals surface area contributed by atoms with Crippen LogP contribution in [0.15, 0.2) is 12.1 Å². The first-order valence-corrected chi connectivity index (χ1v) is 4.29. The van der Waals surface area contributed by atoms with Crippen molar-refractivity contribution < 1.29 is 14.7 Å². The first kappa shape index (κ1) is 10.9. The molecule has 0 spiro atoms. The van der Waals surface area contributed by atoms with E-state index in [1.807, 2.05) is 6.07 Å². The topological polar surface area (TPSA) is 78.2 Å². The highest BCUT2D eigenvalue weighted by atomic mass is 16.4. The predicted molar refractivity (Wildman–Crippen MR) is 52.6 cm³/mol. The van der Waals surface area contributed by atoms with E-state index in [0.29, 0.717) is 23.0 Å². The number of hydrogen-bond acceptors (Lipinski definition) is 3. The number of aryl methyl sites for hydroxylation is 1. The lowest BCUT2D eigenvalue weighted by atomic mass is 9.98. The Balaban J connectivity index is 3.28. The Kier molecular flexibility index (Phi) is 3.19. The van der Waals surface area contributed by atoms with E-state index >= 15 is 0 Å². The number of rotatable bonds is 3. The normalized spacial score (nSPS) is 9.33. The molecule has 0 aliphatic rings. The van der Waals surface area contributed by atoms with Crippen molar-refractivity contribution in [1.29, 1.82) is 5.26 Å². The van der Waals surface area contributed by atoms with E-state index in [2.05, 4.69) is 0 Å². The average Bonchev–Trinajstić information content (AvgIpc) is 2.17. The van der Waals surface area contributed by atoms with Gasteiger partial charge in [0.1, 0.15) is 6.29 Å². The van der Waals surface area contributed by atoms with Crippen molar-refractivity contribution in [2.75, 3.05) is 0 Å². The average molecular weight is 203 g/mol. The molecule has 1 aromatic carbocycles. The van der Waals surface area contributed by atoms with E-state index in [9.17, 15) is 9.59 Å². The minimum atomic E-state index is -0.998. The predicted octanol–water partition coefficient (Wildman–Crippen LogP) is 1.31. The fourth-order valence-electron chi connectivity index (χ4n) is 1.33. The van der Waals surface area contributed by atoms with Crippen LogP contribution in [0.3, 0.4) is 0 Å². The van der Waals surface area contributed by atoms with Gasteiger partial charge in [0, 0.05) is 5.56 Å². The Bertz CT molecular complexity index is 458. The van der Waals surface area contributed by atoms with Crippen molar-refractivity contribution in [2.45, 2.75) is 13.3 Å². The summed E-state index contributed by atoms with van der Waals surface area (Å²) in [4.78, 5) is 21.2. The zero-order valence-electron chi connectivity index (χ0n) is 8.15. The number of aliphatic carboxylic acids is 1. The molecule has 0 bridgehead atoms. The fourth-order valence-corrected chi connectivity index (χ4v) is 1.33. The maximum absolute atomic E-state index is 10.7. The van der Waals surface area contributed by atoms with Crippen LogP contribution in [0.4, 0.5) is 0 Å². The number of aldehydes is 1. The Morgan fingerprint density at radius 2 is 2.27 bits per heavy atom. The van der Waals surface area contributed by atoms with Crippen molar-refractivity contribution in [3.8, 4) is 6.07 Å². The number of nitriles is 1. The summed E-state index contributed by atoms with van der Waals surface area (Å²) in [6.45, 7) is 1.71. The van der Waals surface area contributed by atoms with Gasteiger partial charge in [-0.3, -0.25) is 9.59 Å². The molecule has 1 N–H and O–H groups in total. The summed E-state index contributed by atoms with van der Waals surface area (Å²) < 4.78 is 0. The fraction of sp³-hybridized carbons (Fsp3) is 0.182. The Labute approximate surface area is 86.8 Å². The van der Waals surface area contributed by atoms with Crippen LogP contribution in [0.2, 0.25) is 0 Å². The maximum Gasteiger partial charge on any atom is 0.307 e. The summed E-state index contributed by atoms with van der Waals surface area (Å²) in [6, 6.07) is 4.93. The van der Waals surface area contributed by atoms with Crippen molar-refractivity contribution in [3.63, 3.8) is 0 Å². The maximum atomic E-state index is 10.7. The molecule has 4 nitrogen and oxygen atoms in total. The number of carbonyl (C=O) groups is 2. The summed E-state index contributed by atoms with van der Waals surface area (Å²) in [5.41, 5.74) is 1.78. The number of carboxylic acid groups (broad SMARTS) is 1. The van der Waals surface area contributed by atoms with Crippen LogP contribution in [0.25, 0.3) is 0 Å². The first-order chi connectivity index (χ1) is 7.08. The molecule has 0 aromatic heterocycles. The molecule has 4 heteroatoms. The molecule has 0 saturated heterocycles. The van der Waals surface area contributed by atoms with Crippen molar-refractivity contribution in [2.24, 2.45) is 0 Å². The number of nitrogens with zero attached hydrogens (tertiary/aromatic N) is 1. The molecule has 0 radical (unpaired) electrons. The zero-order valence-corrected chi connectivity index (χ0v) is 8.15. The van der Waals surface area contributed by atoms with E-state index < -0.39 is 5.97 Å². The summed E-state index contributed by atoms with van der Waals surface area (Å²) in [5.74, 6) is -0.998. The van der Waals surface area contributed by atoms with Gasteiger partial charge in [-0.1, -0.05) is 6.07 Å². The van der Waals surface area contributed by atoms with Crippen molar-refractivity contribution in [3.05, 3.63) is 34.4 Å². The highest BCUT2D eigenvalue weighted by Gasteiger charge is 2.09. The first-order valence-electron chi connectivity index (χ1n) is 4.29. The number of carbonyl (C=O) groups excluding carboxylic acids is 1. The highest BCUT2D eigenvalue weighted by Crippen LogP contribution is 2.15. The van der Waals surface area contributed by atoms with Crippen molar-refractivity contribution >= 4 is 12.3 Å². The molecule has 0 heterocycles. The molecular weight excluding hydrogens is 194 g/mol. The Morgan fingerprint density at radius 3 is 2.73 bits per heavy atom. The summed E-state index contributed by atoms with van der Waals surface area (Å²) in [7, 11) is 0. The molecule has 0 aliphatic carbocycles. The van der Waals surface area contributed by atoms with Crippen LogP contribution < -0.4 is 0 Å². The largest absolute Gasteiger partial charge is 0.481 e. The second kappa shape index (κ2) is 4.38. The van der Waals surface area contributed by atoms with E-state index in [1.54, 1.807) is 13.0 Å². The second-order valence-corrected chi connectivity index (χ2v) is 3.17. The minimum Gasteiger partial charge on any atom is -0.481 e. The van der Waals surface area contributed by atoms with Gasteiger partial charge in [0.15, 0.2) is 0 Å². The van der Waals surface area contributed by atoms with Crippen LogP contribution in [0.5, 0.6) is 0 Å². The summed E-state index contributed by atoms with van der Waals surface area (Å²) >= 11 is 0. The minimum absolute atomic E-state index is 0.208. The van der Waals surface area contributed by atoms with E-state index in [1.165, 1.54) is 6.07 Å². The van der Waals surface area contributed by atoms with Crippen molar-refractivity contribution in [1.82, 2.24) is 0 Å². The molecule has 1 rings (SSSR count). The molecule has 0 saturated carbocycles. The van der Waals surface area contributed by atoms with Crippen LogP contribution in [0, 0.1) is 18.3 Å². The number of benzene rings is 1. The van der Waals surface area contributed by atoms with Gasteiger partial charge >= 0.3 is 5.97 Å². The Morgan fingerprint density at radius 1 is 1.60 bits per heavy atom. The lowest BCUT2D eigenvalue weighted by Crippen LogP contribution is -2.04. The molecular formula is C11H9NO3. The van der Waals surface area contributed by atoms with Gasteiger partial charge in [0.2, 0.25) is 0 Å². The Hall–Kier alpha value is -2.15. The molecule has 15 heavy (non-hydrogen) atoms. The number of carboxylic acids is 1. The van der Waals surface area contributed by atoms with Crippen LogP contribution in [-0.2, 0) is 11.2 Å². The van der Waals surface area contributed by atoms with Gasteiger partial charge in [-0.05, 0) is 24.1 Å². The molecule has 0 atom stereocenters. The zero-order chi connectivity index (χ0) is 11.4. The van der Waals surface area contributed by atoms with E-state index in [0.717, 1.165) is 0 Å². The summed E-state index contributed by atoms with van der Waals surface area (Å²) in [5, 5.41) is 17.4. The third-order valence-electron chi connectivity index (χ3n) is 2.08. The third-order valence-corrected chi connectivity index (χ3v) is 2.08. The molecule has 76 valence electrons. The molecule has 0 aliphatic heterocycles. The molecule has 0 amide bonds. The highest BCUT2D eigenvalue weighted by molar-refractivity contribution is 5.82. The van der Waals surface area contributed by atoms with Gasteiger partial charge in [-0.2, -0.15) is 5.26 Å². The van der Waals surface area contributed by atoms with Gasteiger partial charge in [0.25, 0.3) is 0 Å². The SMILES string of the molecule is Cc1cc(CC(=O)O)c(C=O)cc1C#N. The van der Waals surface area contributed by atoms with Gasteiger partial charge < -0.3 is 5.11 Å². The lowest BCUT2D eigenvalue weighted by molar-refractivity contribution is -0.136. The van der Waals surface area contributed by atoms with E-state index in [-0.39, 0.29) is 12.0 Å². The lowest BCUT2D eigenvalue weighted by Gasteiger charge is -2.05. The molecule has 0 fully saturated rings.